The van der Waals surface area contributed by atoms with Gasteiger partial charge in [0.05, 0.1) is 0 Å². The van der Waals surface area contributed by atoms with Crippen molar-refractivity contribution in [1.29, 1.82) is 0 Å². The predicted molar refractivity (Wildman–Crippen MR) is 145 cm³/mol. The number of aryl methyl sites for hydroxylation is 1. The first-order valence-electron chi connectivity index (χ1n) is 13.8. The molecule has 1 aliphatic carbocycles. The van der Waals surface area contributed by atoms with Gasteiger partial charge in [-0.25, -0.2) is 4.79 Å². The van der Waals surface area contributed by atoms with Crippen LogP contribution in [-0.2, 0) is 14.3 Å². The van der Waals surface area contributed by atoms with Gasteiger partial charge in [0, 0.05) is 18.2 Å². The van der Waals surface area contributed by atoms with Gasteiger partial charge in [-0.2, -0.15) is 0 Å². The molecule has 37 heavy (non-hydrogen) atoms. The molecule has 0 aliphatic heterocycles. The molecule has 2 rings (SSSR count). The maximum absolute atomic E-state index is 14.3. The number of ether oxygens (including phenoxy) is 1. The summed E-state index contributed by atoms with van der Waals surface area (Å²) in [4.78, 5) is 42.3. The molecule has 0 spiro atoms. The molecule has 1 aromatic rings. The number of amides is 3. The Morgan fingerprint density at radius 2 is 1.84 bits per heavy atom. The molecule has 1 fully saturated rings. The fourth-order valence-corrected chi connectivity index (χ4v) is 4.46. The summed E-state index contributed by atoms with van der Waals surface area (Å²) in [7, 11) is 0. The zero-order valence-electron chi connectivity index (χ0n) is 23.7. The zero-order chi connectivity index (χ0) is 27.8. The fourth-order valence-electron chi connectivity index (χ4n) is 4.46. The first-order chi connectivity index (χ1) is 17.4. The number of hydrogen-bond donors (Lipinski definition) is 3. The van der Waals surface area contributed by atoms with Crippen LogP contribution in [0.2, 0.25) is 0 Å². The number of phenolic OH excluding ortho intramolecular Hbond substituents is 1. The molecule has 1 aliphatic rings. The summed E-state index contributed by atoms with van der Waals surface area (Å²) in [6.07, 6.45) is 5.30. The molecule has 8 heteroatoms. The van der Waals surface area contributed by atoms with Crippen LogP contribution in [0.25, 0.3) is 0 Å². The van der Waals surface area contributed by atoms with Gasteiger partial charge in [0.25, 0.3) is 0 Å². The molecule has 0 aromatic heterocycles. The van der Waals surface area contributed by atoms with E-state index in [4.69, 9.17) is 4.74 Å². The van der Waals surface area contributed by atoms with Gasteiger partial charge in [0.15, 0.2) is 0 Å². The largest absolute Gasteiger partial charge is 0.507 e. The molecule has 1 saturated carbocycles. The van der Waals surface area contributed by atoms with E-state index in [0.29, 0.717) is 24.1 Å². The number of phenols is 1. The van der Waals surface area contributed by atoms with E-state index in [1.807, 2.05) is 13.8 Å². The SMILES string of the molecule is CCCCCNC(=O)C(c1cccc(C)c1O)N(C(=O)C(NC(=O)OC(C)(C)C)C(C)CC)C1CCC1. The average molecular weight is 518 g/mol. The van der Waals surface area contributed by atoms with Crippen LogP contribution in [0, 0.1) is 12.8 Å². The number of unbranched alkanes of at least 4 members (excludes halogenated alkanes) is 2. The van der Waals surface area contributed by atoms with Crippen molar-refractivity contribution in [2.45, 2.75) is 117 Å². The van der Waals surface area contributed by atoms with Gasteiger partial charge in [-0.1, -0.05) is 58.2 Å². The van der Waals surface area contributed by atoms with Gasteiger partial charge in [-0.05, 0) is 64.9 Å². The number of aromatic hydroxyl groups is 1. The second-order valence-electron chi connectivity index (χ2n) is 11.3. The highest BCUT2D eigenvalue weighted by Gasteiger charge is 2.43. The van der Waals surface area contributed by atoms with Crippen LogP contribution in [0.15, 0.2) is 18.2 Å². The number of rotatable bonds is 12. The zero-order valence-corrected chi connectivity index (χ0v) is 23.7. The summed E-state index contributed by atoms with van der Waals surface area (Å²) in [5.74, 6) is -0.840. The van der Waals surface area contributed by atoms with E-state index < -0.39 is 23.8 Å². The van der Waals surface area contributed by atoms with E-state index in [1.54, 1.807) is 50.8 Å². The van der Waals surface area contributed by atoms with Crippen LogP contribution in [-0.4, -0.2) is 52.1 Å². The lowest BCUT2D eigenvalue weighted by atomic mass is 9.86. The first-order valence-corrected chi connectivity index (χ1v) is 13.8. The number of hydrogen-bond acceptors (Lipinski definition) is 5. The van der Waals surface area contributed by atoms with Crippen molar-refractivity contribution in [3.8, 4) is 5.75 Å². The van der Waals surface area contributed by atoms with Crippen molar-refractivity contribution in [3.05, 3.63) is 29.3 Å². The van der Waals surface area contributed by atoms with Crippen LogP contribution < -0.4 is 10.6 Å². The van der Waals surface area contributed by atoms with Gasteiger partial charge < -0.3 is 25.4 Å². The summed E-state index contributed by atoms with van der Waals surface area (Å²) >= 11 is 0. The molecule has 3 N–H and O–H groups in total. The summed E-state index contributed by atoms with van der Waals surface area (Å²) in [5.41, 5.74) is 0.316. The van der Waals surface area contributed by atoms with Crippen molar-refractivity contribution < 1.29 is 24.2 Å². The summed E-state index contributed by atoms with van der Waals surface area (Å²) in [6, 6.07) is 3.23. The third-order valence-electron chi connectivity index (χ3n) is 7.04. The Bertz CT molecular complexity index is 923. The maximum Gasteiger partial charge on any atom is 0.408 e. The van der Waals surface area contributed by atoms with Crippen molar-refractivity contribution >= 4 is 17.9 Å². The van der Waals surface area contributed by atoms with Crippen molar-refractivity contribution in [3.63, 3.8) is 0 Å². The molecule has 0 heterocycles. The lowest BCUT2D eigenvalue weighted by Gasteiger charge is -2.44. The Kier molecular flexibility index (Phi) is 11.3. The molecule has 208 valence electrons. The molecule has 3 unspecified atom stereocenters. The molecule has 8 nitrogen and oxygen atoms in total. The number of carbonyl (C=O) groups excluding carboxylic acids is 3. The molecule has 0 saturated heterocycles. The Morgan fingerprint density at radius 3 is 2.38 bits per heavy atom. The normalized spacial score (nSPS) is 16.2. The number of carbonyl (C=O) groups is 3. The van der Waals surface area contributed by atoms with Gasteiger partial charge >= 0.3 is 6.09 Å². The van der Waals surface area contributed by atoms with Crippen LogP contribution in [0.4, 0.5) is 4.79 Å². The summed E-state index contributed by atoms with van der Waals surface area (Å²) < 4.78 is 5.46. The molecule has 0 bridgehead atoms. The quantitative estimate of drug-likeness (QED) is 0.323. The Labute approximate surface area is 222 Å². The minimum atomic E-state index is -1.01. The van der Waals surface area contributed by atoms with Gasteiger partial charge in [0.2, 0.25) is 11.8 Å². The molecular weight excluding hydrogens is 470 g/mol. The predicted octanol–water partition coefficient (Wildman–Crippen LogP) is 5.37. The number of benzene rings is 1. The van der Waals surface area contributed by atoms with E-state index in [0.717, 1.165) is 38.5 Å². The monoisotopic (exact) mass is 517 g/mol. The molecule has 1 aromatic carbocycles. The van der Waals surface area contributed by atoms with Crippen molar-refractivity contribution in [1.82, 2.24) is 15.5 Å². The van der Waals surface area contributed by atoms with Crippen LogP contribution >= 0.6 is 0 Å². The minimum Gasteiger partial charge on any atom is -0.507 e. The summed E-state index contributed by atoms with van der Waals surface area (Å²) in [5, 5.41) is 16.8. The van der Waals surface area contributed by atoms with E-state index in [9.17, 15) is 19.5 Å². The summed E-state index contributed by atoms with van der Waals surface area (Å²) in [6.45, 7) is 13.5. The fraction of sp³-hybridized carbons (Fsp3) is 0.690. The van der Waals surface area contributed by atoms with Gasteiger partial charge in [0.1, 0.15) is 23.4 Å². The Morgan fingerprint density at radius 1 is 1.16 bits per heavy atom. The topological polar surface area (TPSA) is 108 Å². The van der Waals surface area contributed by atoms with E-state index >= 15 is 0 Å². The number of nitrogens with one attached hydrogen (secondary N) is 2. The van der Waals surface area contributed by atoms with Crippen LogP contribution in [0.5, 0.6) is 5.75 Å². The molecule has 3 atom stereocenters. The third kappa shape index (κ3) is 8.37. The Hall–Kier alpha value is -2.77. The lowest BCUT2D eigenvalue weighted by molar-refractivity contribution is -0.148. The highest BCUT2D eigenvalue weighted by molar-refractivity contribution is 5.93. The number of para-hydroxylation sites is 1. The van der Waals surface area contributed by atoms with E-state index in [2.05, 4.69) is 17.6 Å². The van der Waals surface area contributed by atoms with Gasteiger partial charge in [-0.15, -0.1) is 0 Å². The minimum absolute atomic E-state index is 0.00789. The van der Waals surface area contributed by atoms with E-state index in [-0.39, 0.29) is 29.5 Å². The van der Waals surface area contributed by atoms with Gasteiger partial charge in [-0.3, -0.25) is 9.59 Å². The smallest absolute Gasteiger partial charge is 0.408 e. The standard InChI is InChI=1S/C29H47N3O5/c1-8-10-11-18-30-26(34)24(22-17-12-14-20(4)25(22)33)32(21-15-13-16-21)27(35)23(19(3)9-2)31-28(36)37-29(5,6)7/h12,14,17,19,21,23-24,33H,8-11,13,15-16,18H2,1-7H3,(H,30,34)(H,31,36). The lowest BCUT2D eigenvalue weighted by Crippen LogP contribution is -2.59. The Balaban J connectivity index is 2.51. The van der Waals surface area contributed by atoms with Crippen molar-refractivity contribution in [2.24, 2.45) is 5.92 Å². The number of alkyl carbamates (subject to hydrolysis) is 1. The highest BCUT2D eigenvalue weighted by atomic mass is 16.6. The molecule has 0 radical (unpaired) electrons. The van der Waals surface area contributed by atoms with Crippen LogP contribution in [0.1, 0.15) is 104 Å². The maximum atomic E-state index is 14.3. The number of nitrogens with zero attached hydrogens (tertiary/aromatic N) is 1. The second kappa shape index (κ2) is 13.7. The third-order valence-corrected chi connectivity index (χ3v) is 7.04. The molecule has 3 amide bonds. The second-order valence-corrected chi connectivity index (χ2v) is 11.3. The average Bonchev–Trinajstić information content (AvgIpc) is 2.79. The van der Waals surface area contributed by atoms with Crippen LogP contribution in [0.3, 0.4) is 0 Å². The van der Waals surface area contributed by atoms with Crippen molar-refractivity contribution in [2.75, 3.05) is 6.54 Å². The van der Waals surface area contributed by atoms with E-state index in [1.165, 1.54) is 0 Å². The highest BCUT2D eigenvalue weighted by Crippen LogP contribution is 2.38. The first kappa shape index (κ1) is 30.5. The molecular formula is C29H47N3O5.